The Balaban J connectivity index is 1.45. The molecule has 1 unspecified atom stereocenters. The molecule has 0 aromatic heterocycles. The Morgan fingerprint density at radius 1 is 1.08 bits per heavy atom. The van der Waals surface area contributed by atoms with Gasteiger partial charge >= 0.3 is 0 Å². The zero-order valence-electron chi connectivity index (χ0n) is 20.4. The van der Waals surface area contributed by atoms with Crippen molar-refractivity contribution in [1.29, 1.82) is 0 Å². The van der Waals surface area contributed by atoms with Crippen LogP contribution in [0.15, 0.2) is 60.1 Å². The number of carbonyl (C=O) groups excluding carboxylic acids is 1. The first-order valence-corrected chi connectivity index (χ1v) is 13.4. The molecule has 4 aliphatic carbocycles. The molecule has 2 aromatic carbocycles. The number of nitrogens with one attached hydrogen (secondary N) is 3. The Hall–Kier alpha value is -3.35. The van der Waals surface area contributed by atoms with Crippen molar-refractivity contribution in [2.75, 3.05) is 10.7 Å². The van der Waals surface area contributed by atoms with Crippen molar-refractivity contribution in [3.05, 3.63) is 81.0 Å². The molecule has 0 aliphatic heterocycles. The summed E-state index contributed by atoms with van der Waals surface area (Å²) in [4.78, 5) is 22.8. The molecule has 6 rings (SSSR count). The number of anilines is 2. The van der Waals surface area contributed by atoms with E-state index in [4.69, 9.17) is 5.21 Å². The molecule has 4 bridgehead atoms. The molecule has 1 atom stereocenters. The second-order valence-corrected chi connectivity index (χ2v) is 11.6. The van der Waals surface area contributed by atoms with E-state index in [1.807, 2.05) is 0 Å². The lowest BCUT2D eigenvalue weighted by molar-refractivity contribution is -0.383. The van der Waals surface area contributed by atoms with Crippen LogP contribution in [0.4, 0.5) is 17.1 Å². The number of hydrazine groups is 1. The summed E-state index contributed by atoms with van der Waals surface area (Å²) < 4.78 is 0. The highest BCUT2D eigenvalue weighted by Gasteiger charge is 2.51. The summed E-state index contributed by atoms with van der Waals surface area (Å²) in [5, 5.41) is 48.6. The second kappa shape index (κ2) is 10.4. The fraction of sp³-hybridized carbons (Fsp3) is 0.423. The lowest BCUT2D eigenvalue weighted by Gasteiger charge is -2.57. The van der Waals surface area contributed by atoms with Crippen LogP contribution in [0.3, 0.4) is 0 Å². The molecule has 4 N–H and O–H groups in total. The number of benzene rings is 2. The zero-order valence-corrected chi connectivity index (χ0v) is 22.0. The van der Waals surface area contributed by atoms with Gasteiger partial charge in [-0.15, -0.1) is 0 Å². The van der Waals surface area contributed by atoms with Crippen LogP contribution in [0.1, 0.15) is 48.9 Å². The molecule has 4 fully saturated rings. The topological polar surface area (TPSA) is 166 Å². The van der Waals surface area contributed by atoms with E-state index in [1.165, 1.54) is 31.4 Å². The number of rotatable bonds is 10. The minimum atomic E-state index is -1.18. The van der Waals surface area contributed by atoms with Crippen molar-refractivity contribution in [3.63, 3.8) is 0 Å². The van der Waals surface area contributed by atoms with E-state index >= 15 is 0 Å². The number of halogens is 1. The van der Waals surface area contributed by atoms with Crippen LogP contribution in [0.5, 0.6) is 0 Å². The van der Waals surface area contributed by atoms with Crippen LogP contribution >= 0.6 is 15.9 Å². The van der Waals surface area contributed by atoms with E-state index < -0.39 is 32.2 Å². The molecule has 4 saturated carbocycles. The van der Waals surface area contributed by atoms with Crippen LogP contribution < -0.4 is 26.5 Å². The number of carbonyl (C=O) groups is 1. The third-order valence-corrected chi connectivity index (χ3v) is 8.75. The first-order valence-electron chi connectivity index (χ1n) is 12.5. The Labute approximate surface area is 227 Å². The average Bonchev–Trinajstić information content (AvgIpc) is 2.89. The summed E-state index contributed by atoms with van der Waals surface area (Å²) in [6, 6.07) is 11.8. The highest BCUT2D eigenvalue weighted by Crippen LogP contribution is 2.55. The van der Waals surface area contributed by atoms with E-state index in [1.54, 1.807) is 30.3 Å². The quantitative estimate of drug-likeness (QED) is 0.105. The van der Waals surface area contributed by atoms with Crippen molar-refractivity contribution in [2.45, 2.75) is 48.9 Å². The van der Waals surface area contributed by atoms with Gasteiger partial charge in [0.25, 0.3) is 5.69 Å². The molecule has 0 heterocycles. The van der Waals surface area contributed by atoms with Gasteiger partial charge in [0, 0.05) is 17.2 Å². The van der Waals surface area contributed by atoms with Crippen molar-refractivity contribution in [3.8, 4) is 0 Å². The number of ketones is 1. The summed E-state index contributed by atoms with van der Waals surface area (Å²) in [6.07, 6.45) is 6.35. The van der Waals surface area contributed by atoms with Crippen LogP contribution in [-0.4, -0.2) is 26.3 Å². The maximum absolute atomic E-state index is 13.7. The molecule has 202 valence electrons. The van der Waals surface area contributed by atoms with E-state index in [-0.39, 0.29) is 22.7 Å². The first kappa shape index (κ1) is 26.3. The summed E-state index contributed by atoms with van der Waals surface area (Å²) in [5.74, 6) is 0.852. The highest BCUT2D eigenvalue weighted by molar-refractivity contribution is 9.10. The van der Waals surface area contributed by atoms with Crippen LogP contribution in [0.2, 0.25) is 0 Å². The molecule has 11 nitrogen and oxygen atoms in total. The van der Waals surface area contributed by atoms with E-state index in [0.717, 1.165) is 25.3 Å². The summed E-state index contributed by atoms with van der Waals surface area (Å²) in [6.45, 7) is 0. The molecule has 0 radical (unpaired) electrons. The fourth-order valence-corrected chi connectivity index (χ4v) is 7.20. The van der Waals surface area contributed by atoms with Crippen LogP contribution in [0, 0.1) is 33.1 Å². The van der Waals surface area contributed by atoms with E-state index in [0.29, 0.717) is 23.3 Å². The monoisotopic (exact) mass is 585 g/mol. The predicted molar refractivity (Wildman–Crippen MR) is 142 cm³/mol. The molecule has 0 amide bonds. The average molecular weight is 586 g/mol. The molecular formula is C26H28BrN5O6-2. The minimum Gasteiger partial charge on any atom is -0.872 e. The van der Waals surface area contributed by atoms with Gasteiger partial charge in [0.2, 0.25) is 0 Å². The number of hydrogen-bond acceptors (Lipinski definition) is 10. The molecule has 4 aliphatic rings. The van der Waals surface area contributed by atoms with Gasteiger partial charge in [0.15, 0.2) is 5.78 Å². The highest BCUT2D eigenvalue weighted by atomic mass is 79.9. The summed E-state index contributed by atoms with van der Waals surface area (Å²) >= 11 is 3.28. The second-order valence-electron chi connectivity index (χ2n) is 10.6. The number of Topliss-reactive ketones (excluding diaryl/α,β-unsaturated/α-hetero) is 1. The van der Waals surface area contributed by atoms with Crippen LogP contribution in [0.25, 0.3) is 0 Å². The third kappa shape index (κ3) is 5.29. The fourth-order valence-electron chi connectivity index (χ4n) is 6.70. The van der Waals surface area contributed by atoms with Gasteiger partial charge in [-0.05, 0) is 68.4 Å². The number of allylic oxidation sites excluding steroid dienone is 1. The minimum absolute atomic E-state index is 0.0290. The Morgan fingerprint density at radius 2 is 1.68 bits per heavy atom. The Bertz CT molecular complexity index is 1220. The molecule has 0 spiro atoms. The lowest BCUT2D eigenvalue weighted by Crippen LogP contribution is -2.60. The number of hydrogen-bond donors (Lipinski definition) is 4. The van der Waals surface area contributed by atoms with E-state index in [2.05, 4.69) is 32.1 Å². The van der Waals surface area contributed by atoms with Crippen molar-refractivity contribution in [2.24, 2.45) is 17.8 Å². The van der Waals surface area contributed by atoms with Gasteiger partial charge < -0.3 is 20.9 Å². The van der Waals surface area contributed by atoms with Gasteiger partial charge in [-0.2, -0.15) is 0 Å². The van der Waals surface area contributed by atoms with Gasteiger partial charge in [0.05, 0.1) is 15.4 Å². The number of nitrogens with zero attached hydrogens (tertiary/aromatic N) is 2. The third-order valence-electron chi connectivity index (χ3n) is 7.91. The maximum atomic E-state index is 13.7. The smallest absolute Gasteiger partial charge is 0.296 e. The van der Waals surface area contributed by atoms with Crippen molar-refractivity contribution < 1.29 is 20.0 Å². The number of alkyl halides is 1. The SMILES string of the molecule is O=C(c1ccccc1)C(Br)C([O-])=C(NNc1ccc(N([O-])O)cc1[N+](=O)[O-])NC12CC3CC(CC(C3)C1)C2. The molecule has 0 saturated heterocycles. The molecule has 2 aromatic rings. The molecular weight excluding hydrogens is 558 g/mol. The maximum Gasteiger partial charge on any atom is 0.296 e. The first-order chi connectivity index (χ1) is 18.1. The largest absolute Gasteiger partial charge is 0.872 e. The molecule has 12 heteroatoms. The summed E-state index contributed by atoms with van der Waals surface area (Å²) in [7, 11) is 0. The van der Waals surface area contributed by atoms with Crippen molar-refractivity contribution >= 4 is 38.8 Å². The normalized spacial score (nSPS) is 26.8. The zero-order chi connectivity index (χ0) is 27.0. The molecule has 38 heavy (non-hydrogen) atoms. The number of nitro groups is 1. The standard InChI is InChI=1S/C26H29BrN5O6/c27-22(23(33)18-4-2-1-3-5-18)24(34)25(28-26-12-15-8-16(13-26)10-17(9-15)14-26)30-29-20-7-6-19(31(35)36)11-21(20)32(37)38/h1-7,11,15-17,22,28-30,34-35H,8-10,12-14H2/q-1/p-1. The number of nitro benzene ring substituents is 1. The summed E-state index contributed by atoms with van der Waals surface area (Å²) in [5.41, 5.74) is 4.77. The Morgan fingerprint density at radius 3 is 2.24 bits per heavy atom. The predicted octanol–water partition coefficient (Wildman–Crippen LogP) is 3.94. The lowest BCUT2D eigenvalue weighted by atomic mass is 9.53. The van der Waals surface area contributed by atoms with Crippen molar-refractivity contribution in [1.82, 2.24) is 10.7 Å². The van der Waals surface area contributed by atoms with Gasteiger partial charge in [0.1, 0.15) is 11.5 Å². The van der Waals surface area contributed by atoms with Gasteiger partial charge in [-0.1, -0.05) is 52.0 Å². The van der Waals surface area contributed by atoms with Crippen LogP contribution in [-0.2, 0) is 0 Å². The van der Waals surface area contributed by atoms with Gasteiger partial charge in [-0.3, -0.25) is 31.0 Å². The van der Waals surface area contributed by atoms with Gasteiger partial charge in [-0.25, -0.2) is 0 Å². The Kier molecular flexibility index (Phi) is 7.21. The van der Waals surface area contributed by atoms with E-state index in [9.17, 15) is 25.2 Å².